The standard InChI is InChI=1S/C12H13BrO/c1-9(2)11(8-14)6-10-4-3-5-12(13)7-10/h3-9H,1-2H3. The average molecular weight is 253 g/mol. The minimum atomic E-state index is 0.270. The first-order valence-corrected chi connectivity index (χ1v) is 5.35. The van der Waals surface area contributed by atoms with Crippen LogP contribution in [0.15, 0.2) is 34.3 Å². The molecule has 0 amide bonds. The molecule has 1 nitrogen and oxygen atoms in total. The summed E-state index contributed by atoms with van der Waals surface area (Å²) < 4.78 is 1.03. The summed E-state index contributed by atoms with van der Waals surface area (Å²) in [5.41, 5.74) is 1.87. The van der Waals surface area contributed by atoms with E-state index in [2.05, 4.69) is 15.9 Å². The van der Waals surface area contributed by atoms with E-state index in [1.807, 2.05) is 44.2 Å². The van der Waals surface area contributed by atoms with Crippen molar-refractivity contribution in [3.05, 3.63) is 39.9 Å². The fourth-order valence-electron chi connectivity index (χ4n) is 1.13. The van der Waals surface area contributed by atoms with Crippen LogP contribution in [0.2, 0.25) is 0 Å². The average Bonchev–Trinajstić information content (AvgIpc) is 2.14. The number of halogens is 1. The molecule has 74 valence electrons. The summed E-state index contributed by atoms with van der Waals surface area (Å²) in [5, 5.41) is 0. The van der Waals surface area contributed by atoms with Crippen molar-refractivity contribution in [2.75, 3.05) is 0 Å². The minimum Gasteiger partial charge on any atom is -0.298 e. The summed E-state index contributed by atoms with van der Waals surface area (Å²) in [6.07, 6.45) is 2.84. The highest BCUT2D eigenvalue weighted by Crippen LogP contribution is 2.16. The van der Waals surface area contributed by atoms with E-state index < -0.39 is 0 Å². The van der Waals surface area contributed by atoms with Crippen LogP contribution >= 0.6 is 15.9 Å². The molecule has 0 radical (unpaired) electrons. The van der Waals surface area contributed by atoms with Gasteiger partial charge in [-0.25, -0.2) is 0 Å². The number of allylic oxidation sites excluding steroid dienone is 1. The van der Waals surface area contributed by atoms with Gasteiger partial charge in [-0.2, -0.15) is 0 Å². The Labute approximate surface area is 93.0 Å². The molecule has 0 N–H and O–H groups in total. The Bertz CT molecular complexity index is 353. The number of carbonyl (C=O) groups is 1. The highest BCUT2D eigenvalue weighted by atomic mass is 79.9. The van der Waals surface area contributed by atoms with Crippen molar-refractivity contribution in [1.29, 1.82) is 0 Å². The number of benzene rings is 1. The van der Waals surface area contributed by atoms with Crippen LogP contribution in [0.1, 0.15) is 19.4 Å². The van der Waals surface area contributed by atoms with Crippen molar-refractivity contribution in [2.45, 2.75) is 13.8 Å². The van der Waals surface area contributed by atoms with Crippen LogP contribution in [0.4, 0.5) is 0 Å². The highest BCUT2D eigenvalue weighted by molar-refractivity contribution is 9.10. The molecule has 0 saturated carbocycles. The zero-order valence-corrected chi connectivity index (χ0v) is 9.91. The van der Waals surface area contributed by atoms with Gasteiger partial charge in [0.2, 0.25) is 0 Å². The number of hydrogen-bond donors (Lipinski definition) is 0. The number of rotatable bonds is 3. The molecule has 0 aliphatic carbocycles. The quantitative estimate of drug-likeness (QED) is 0.593. The second-order valence-electron chi connectivity index (χ2n) is 3.47. The summed E-state index contributed by atoms with van der Waals surface area (Å²) in [6.45, 7) is 4.02. The lowest BCUT2D eigenvalue weighted by Crippen LogP contribution is -1.94. The van der Waals surface area contributed by atoms with Crippen LogP contribution in [0.3, 0.4) is 0 Å². The summed E-state index contributed by atoms with van der Waals surface area (Å²) >= 11 is 3.39. The normalized spacial score (nSPS) is 11.9. The van der Waals surface area contributed by atoms with Crippen molar-refractivity contribution in [3.8, 4) is 0 Å². The van der Waals surface area contributed by atoms with Gasteiger partial charge in [-0.05, 0) is 35.3 Å². The molecule has 1 aromatic rings. The molecule has 0 atom stereocenters. The van der Waals surface area contributed by atoms with Gasteiger partial charge >= 0.3 is 0 Å². The predicted molar refractivity (Wildman–Crippen MR) is 63.0 cm³/mol. The van der Waals surface area contributed by atoms with Crippen molar-refractivity contribution in [3.63, 3.8) is 0 Å². The molecule has 0 aromatic heterocycles. The SMILES string of the molecule is CC(C)C(C=O)=Cc1cccc(Br)c1. The molecule has 0 bridgehead atoms. The maximum atomic E-state index is 10.8. The van der Waals surface area contributed by atoms with E-state index in [0.29, 0.717) is 0 Å². The first kappa shape index (κ1) is 11.2. The van der Waals surface area contributed by atoms with Gasteiger partial charge in [0.05, 0.1) is 0 Å². The molecule has 0 spiro atoms. The molecule has 1 rings (SSSR count). The van der Waals surface area contributed by atoms with E-state index in [0.717, 1.165) is 21.9 Å². The van der Waals surface area contributed by atoms with Crippen molar-refractivity contribution in [2.24, 2.45) is 5.92 Å². The highest BCUT2D eigenvalue weighted by Gasteiger charge is 2.01. The zero-order valence-electron chi connectivity index (χ0n) is 8.33. The fourth-order valence-corrected chi connectivity index (χ4v) is 1.54. The summed E-state index contributed by atoms with van der Waals surface area (Å²) in [6, 6.07) is 7.90. The van der Waals surface area contributed by atoms with E-state index in [1.54, 1.807) is 0 Å². The van der Waals surface area contributed by atoms with Gasteiger partial charge in [0.15, 0.2) is 0 Å². The molecule has 0 heterocycles. The monoisotopic (exact) mass is 252 g/mol. The van der Waals surface area contributed by atoms with Crippen molar-refractivity contribution < 1.29 is 4.79 Å². The van der Waals surface area contributed by atoms with Crippen LogP contribution in [-0.4, -0.2) is 6.29 Å². The topological polar surface area (TPSA) is 17.1 Å². The van der Waals surface area contributed by atoms with Gasteiger partial charge in [-0.3, -0.25) is 4.79 Å². The van der Waals surface area contributed by atoms with Gasteiger partial charge in [0.1, 0.15) is 6.29 Å². The van der Waals surface area contributed by atoms with Crippen LogP contribution in [0, 0.1) is 5.92 Å². The van der Waals surface area contributed by atoms with Crippen molar-refractivity contribution in [1.82, 2.24) is 0 Å². The lowest BCUT2D eigenvalue weighted by Gasteiger charge is -2.03. The predicted octanol–water partition coefficient (Wildman–Crippen LogP) is 3.69. The third-order valence-electron chi connectivity index (χ3n) is 1.98. The van der Waals surface area contributed by atoms with E-state index in [1.165, 1.54) is 0 Å². The maximum absolute atomic E-state index is 10.8. The first-order chi connectivity index (χ1) is 6.63. The first-order valence-electron chi connectivity index (χ1n) is 4.56. The second kappa shape index (κ2) is 5.11. The molecule has 0 aliphatic rings. The summed E-state index contributed by atoms with van der Waals surface area (Å²) in [5.74, 6) is 0.270. The van der Waals surface area contributed by atoms with Crippen LogP contribution < -0.4 is 0 Å². The molecular weight excluding hydrogens is 240 g/mol. The molecule has 0 saturated heterocycles. The minimum absolute atomic E-state index is 0.270. The van der Waals surface area contributed by atoms with Gasteiger partial charge in [-0.1, -0.05) is 41.9 Å². The Morgan fingerprint density at radius 1 is 1.43 bits per heavy atom. The maximum Gasteiger partial charge on any atom is 0.146 e. The summed E-state index contributed by atoms with van der Waals surface area (Å²) in [4.78, 5) is 10.8. The third-order valence-corrected chi connectivity index (χ3v) is 2.48. The smallest absolute Gasteiger partial charge is 0.146 e. The van der Waals surface area contributed by atoms with Gasteiger partial charge < -0.3 is 0 Å². The van der Waals surface area contributed by atoms with Crippen LogP contribution in [0.25, 0.3) is 6.08 Å². The van der Waals surface area contributed by atoms with Crippen LogP contribution in [-0.2, 0) is 4.79 Å². The van der Waals surface area contributed by atoms with Crippen LogP contribution in [0.5, 0.6) is 0 Å². The second-order valence-corrected chi connectivity index (χ2v) is 4.39. The van der Waals surface area contributed by atoms with Gasteiger partial charge in [0.25, 0.3) is 0 Å². The lowest BCUT2D eigenvalue weighted by atomic mass is 10.0. The van der Waals surface area contributed by atoms with E-state index >= 15 is 0 Å². The van der Waals surface area contributed by atoms with E-state index in [-0.39, 0.29) is 5.92 Å². The number of hydrogen-bond acceptors (Lipinski definition) is 1. The van der Waals surface area contributed by atoms with Crippen molar-refractivity contribution >= 4 is 28.3 Å². The largest absolute Gasteiger partial charge is 0.298 e. The molecule has 0 unspecified atom stereocenters. The molecule has 14 heavy (non-hydrogen) atoms. The van der Waals surface area contributed by atoms with E-state index in [4.69, 9.17) is 0 Å². The lowest BCUT2D eigenvalue weighted by molar-refractivity contribution is -0.105. The number of aldehydes is 1. The third kappa shape index (κ3) is 3.11. The number of carbonyl (C=O) groups excluding carboxylic acids is 1. The molecular formula is C12H13BrO. The Hall–Kier alpha value is -0.890. The zero-order chi connectivity index (χ0) is 10.6. The Morgan fingerprint density at radius 3 is 2.64 bits per heavy atom. The summed E-state index contributed by atoms with van der Waals surface area (Å²) in [7, 11) is 0. The molecule has 0 aliphatic heterocycles. The molecule has 0 fully saturated rings. The Kier molecular flexibility index (Phi) is 4.08. The van der Waals surface area contributed by atoms with Gasteiger partial charge in [0, 0.05) is 4.47 Å². The molecule has 1 aromatic carbocycles. The molecule has 2 heteroatoms. The fraction of sp³-hybridized carbons (Fsp3) is 0.250. The Morgan fingerprint density at radius 2 is 2.14 bits per heavy atom. The Balaban J connectivity index is 3.00. The van der Waals surface area contributed by atoms with Gasteiger partial charge in [-0.15, -0.1) is 0 Å². The van der Waals surface area contributed by atoms with E-state index in [9.17, 15) is 4.79 Å².